The van der Waals surface area contributed by atoms with Crippen LogP contribution in [0, 0.1) is 9.39 Å². The Balaban J connectivity index is 2.18. The summed E-state index contributed by atoms with van der Waals surface area (Å²) in [4.78, 5) is 8.66. The molecule has 1 atom stereocenters. The number of alkyl halides is 1. The van der Waals surface area contributed by atoms with Crippen LogP contribution in [0.3, 0.4) is 0 Å². The van der Waals surface area contributed by atoms with Crippen LogP contribution in [0.4, 0.5) is 4.39 Å². The number of benzene rings is 1. The lowest BCUT2D eigenvalue weighted by Gasteiger charge is -2.10. The highest BCUT2D eigenvalue weighted by Gasteiger charge is 2.17. The zero-order valence-corrected chi connectivity index (χ0v) is 14.1. The Morgan fingerprint density at radius 3 is 2.90 bits per heavy atom. The monoisotopic (exact) mass is 415 g/mol. The molecule has 2 heterocycles. The number of rotatable bonds is 3. The second-order valence-electron chi connectivity index (χ2n) is 4.79. The van der Waals surface area contributed by atoms with Crippen LogP contribution in [0.2, 0.25) is 0 Å². The second kappa shape index (κ2) is 5.88. The summed E-state index contributed by atoms with van der Waals surface area (Å²) in [6.45, 7) is 2.43. The average molecular weight is 416 g/mol. The maximum absolute atomic E-state index is 13.9. The number of hydrogen-bond acceptors (Lipinski definition) is 2. The van der Waals surface area contributed by atoms with E-state index in [4.69, 9.17) is 11.6 Å². The molecule has 0 aliphatic heterocycles. The van der Waals surface area contributed by atoms with Crippen LogP contribution in [0.15, 0.2) is 36.7 Å². The highest BCUT2D eigenvalue weighted by molar-refractivity contribution is 14.1. The molecule has 3 aromatic rings. The quantitative estimate of drug-likeness (QED) is 0.465. The van der Waals surface area contributed by atoms with E-state index in [1.165, 1.54) is 6.07 Å². The van der Waals surface area contributed by atoms with E-state index in [2.05, 4.69) is 9.97 Å². The van der Waals surface area contributed by atoms with Gasteiger partial charge in [0.05, 0.1) is 26.5 Å². The lowest BCUT2D eigenvalue weighted by Crippen LogP contribution is -2.06. The lowest BCUT2D eigenvalue weighted by molar-refractivity contribution is 0.620. The Labute approximate surface area is 140 Å². The van der Waals surface area contributed by atoms with Crippen molar-refractivity contribution in [1.82, 2.24) is 14.5 Å². The van der Waals surface area contributed by atoms with Gasteiger partial charge in [0.15, 0.2) is 0 Å². The van der Waals surface area contributed by atoms with Gasteiger partial charge in [-0.15, -0.1) is 11.6 Å². The van der Waals surface area contributed by atoms with Gasteiger partial charge in [0.2, 0.25) is 0 Å². The fourth-order valence-electron chi connectivity index (χ4n) is 2.28. The van der Waals surface area contributed by atoms with E-state index in [0.717, 1.165) is 22.4 Å². The van der Waals surface area contributed by atoms with Crippen molar-refractivity contribution >= 4 is 45.2 Å². The van der Waals surface area contributed by atoms with E-state index in [9.17, 15) is 4.39 Å². The minimum atomic E-state index is -0.255. The first kappa shape index (κ1) is 14.7. The minimum Gasteiger partial charge on any atom is -0.322 e. The molecule has 0 aliphatic carbocycles. The molecular weight excluding hydrogens is 404 g/mol. The summed E-state index contributed by atoms with van der Waals surface area (Å²) in [5.74, 6) is 0.487. The Morgan fingerprint density at radius 1 is 1.43 bits per heavy atom. The predicted octanol–water partition coefficient (Wildman–Crippen LogP) is 4.52. The van der Waals surface area contributed by atoms with Crippen molar-refractivity contribution in [1.29, 1.82) is 0 Å². The zero-order chi connectivity index (χ0) is 15.0. The molecule has 0 aliphatic rings. The molecule has 108 valence electrons. The lowest BCUT2D eigenvalue weighted by atomic mass is 10.2. The van der Waals surface area contributed by atoms with Gasteiger partial charge in [-0.25, -0.2) is 9.37 Å². The predicted molar refractivity (Wildman–Crippen MR) is 90.0 cm³/mol. The van der Waals surface area contributed by atoms with Gasteiger partial charge < -0.3 is 4.57 Å². The van der Waals surface area contributed by atoms with Crippen LogP contribution in [-0.2, 0) is 6.54 Å². The normalized spacial score (nSPS) is 12.8. The van der Waals surface area contributed by atoms with Gasteiger partial charge in [0.1, 0.15) is 11.6 Å². The molecule has 0 bridgehead atoms. The molecule has 2 aromatic heterocycles. The first-order valence-electron chi connectivity index (χ1n) is 6.44. The van der Waals surface area contributed by atoms with Crippen LogP contribution in [-0.4, -0.2) is 14.5 Å². The number of fused-ring (bicyclic) bond motifs is 1. The molecule has 0 radical (unpaired) electrons. The van der Waals surface area contributed by atoms with Gasteiger partial charge in [-0.2, -0.15) is 0 Å². The summed E-state index contributed by atoms with van der Waals surface area (Å²) in [6, 6.07) is 7.11. The zero-order valence-electron chi connectivity index (χ0n) is 11.2. The Kier molecular flexibility index (Phi) is 4.12. The van der Waals surface area contributed by atoms with Crippen molar-refractivity contribution in [3.63, 3.8) is 0 Å². The summed E-state index contributed by atoms with van der Waals surface area (Å²) in [6.07, 6.45) is 3.51. The molecule has 3 rings (SSSR count). The number of pyridine rings is 1. The highest BCUT2D eigenvalue weighted by Crippen LogP contribution is 2.27. The van der Waals surface area contributed by atoms with Crippen molar-refractivity contribution in [2.75, 3.05) is 0 Å². The average Bonchev–Trinajstić information content (AvgIpc) is 2.79. The fraction of sp³-hybridized carbons (Fsp3) is 0.200. The number of hydrogen-bond donors (Lipinski definition) is 0. The van der Waals surface area contributed by atoms with Gasteiger partial charge >= 0.3 is 0 Å². The maximum atomic E-state index is 13.9. The van der Waals surface area contributed by atoms with E-state index in [0.29, 0.717) is 10.1 Å². The molecule has 0 saturated heterocycles. The largest absolute Gasteiger partial charge is 0.322 e. The van der Waals surface area contributed by atoms with Crippen LogP contribution >= 0.6 is 34.2 Å². The van der Waals surface area contributed by atoms with Crippen molar-refractivity contribution in [2.24, 2.45) is 0 Å². The number of halogens is 3. The molecule has 0 N–H and O–H groups in total. The fourth-order valence-corrected chi connectivity index (χ4v) is 2.90. The first-order valence-corrected chi connectivity index (χ1v) is 7.96. The van der Waals surface area contributed by atoms with Crippen LogP contribution < -0.4 is 0 Å². The standard InChI is InChI=1S/C15H12ClFIN3/c1-9(16)15-20-13-6-12(18)11(17)5-14(13)21(15)8-10-3-2-4-19-7-10/h2-7,9H,8H2,1H3. The van der Waals surface area contributed by atoms with E-state index < -0.39 is 0 Å². The third-order valence-electron chi connectivity index (χ3n) is 3.24. The summed E-state index contributed by atoms with van der Waals surface area (Å²) in [5.41, 5.74) is 2.53. The van der Waals surface area contributed by atoms with Crippen LogP contribution in [0.25, 0.3) is 11.0 Å². The molecule has 1 unspecified atom stereocenters. The molecule has 1 aromatic carbocycles. The van der Waals surface area contributed by atoms with Gasteiger partial charge in [-0.3, -0.25) is 4.98 Å². The smallest absolute Gasteiger partial charge is 0.138 e. The van der Waals surface area contributed by atoms with Crippen LogP contribution in [0.1, 0.15) is 23.7 Å². The maximum Gasteiger partial charge on any atom is 0.138 e. The van der Waals surface area contributed by atoms with E-state index in [-0.39, 0.29) is 11.2 Å². The van der Waals surface area contributed by atoms with Crippen molar-refractivity contribution in [3.05, 3.63) is 57.4 Å². The molecule has 0 fully saturated rings. The second-order valence-corrected chi connectivity index (χ2v) is 6.61. The van der Waals surface area contributed by atoms with Gasteiger partial charge in [-0.1, -0.05) is 6.07 Å². The highest BCUT2D eigenvalue weighted by atomic mass is 127. The molecular formula is C15H12ClFIN3. The van der Waals surface area contributed by atoms with Crippen molar-refractivity contribution in [3.8, 4) is 0 Å². The Bertz CT molecular complexity index is 786. The van der Waals surface area contributed by atoms with Crippen LogP contribution in [0.5, 0.6) is 0 Å². The van der Waals surface area contributed by atoms with Crippen molar-refractivity contribution in [2.45, 2.75) is 18.8 Å². The Hall–Kier alpha value is -1.21. The SMILES string of the molecule is CC(Cl)c1nc2cc(I)c(F)cc2n1Cc1cccnc1. The summed E-state index contributed by atoms with van der Waals surface area (Å²) < 4.78 is 16.4. The third kappa shape index (κ3) is 2.89. The summed E-state index contributed by atoms with van der Waals surface area (Å²) in [5, 5.41) is -0.255. The molecule has 21 heavy (non-hydrogen) atoms. The topological polar surface area (TPSA) is 30.7 Å². The molecule has 3 nitrogen and oxygen atoms in total. The van der Waals surface area contributed by atoms with Gasteiger partial charge in [-0.05, 0) is 47.2 Å². The molecule has 0 spiro atoms. The number of nitrogens with zero attached hydrogens (tertiary/aromatic N) is 3. The number of imidazole rings is 1. The minimum absolute atomic E-state index is 0.246. The van der Waals surface area contributed by atoms with E-state index in [1.54, 1.807) is 18.5 Å². The summed E-state index contributed by atoms with van der Waals surface area (Å²) >= 11 is 8.20. The molecule has 0 amide bonds. The molecule has 0 saturated carbocycles. The van der Waals surface area contributed by atoms with Gasteiger partial charge in [0.25, 0.3) is 0 Å². The van der Waals surface area contributed by atoms with Crippen molar-refractivity contribution < 1.29 is 4.39 Å². The first-order chi connectivity index (χ1) is 10.1. The number of aromatic nitrogens is 3. The Morgan fingerprint density at radius 2 is 2.24 bits per heavy atom. The van der Waals surface area contributed by atoms with E-state index >= 15 is 0 Å². The van der Waals surface area contributed by atoms with E-state index in [1.807, 2.05) is 46.2 Å². The third-order valence-corrected chi connectivity index (χ3v) is 4.26. The molecule has 6 heteroatoms. The summed E-state index contributed by atoms with van der Waals surface area (Å²) in [7, 11) is 0. The van der Waals surface area contributed by atoms with Gasteiger partial charge in [0, 0.05) is 18.5 Å².